The van der Waals surface area contributed by atoms with Crippen molar-refractivity contribution in [2.45, 2.75) is 13.0 Å². The van der Waals surface area contributed by atoms with Crippen molar-refractivity contribution in [2.75, 3.05) is 32.8 Å². The quantitative estimate of drug-likeness (QED) is 0.585. The summed E-state index contributed by atoms with van der Waals surface area (Å²) in [4.78, 5) is 53.8. The van der Waals surface area contributed by atoms with Crippen molar-refractivity contribution in [2.24, 2.45) is 0 Å². The van der Waals surface area contributed by atoms with Crippen LogP contribution < -0.4 is 0 Å². The van der Waals surface area contributed by atoms with Gasteiger partial charge in [0.15, 0.2) is 0 Å². The van der Waals surface area contributed by atoms with Crippen molar-refractivity contribution < 1.29 is 23.9 Å². The van der Waals surface area contributed by atoms with Crippen molar-refractivity contribution in [3.8, 4) is 0 Å². The van der Waals surface area contributed by atoms with Crippen LogP contribution in [0.3, 0.4) is 0 Å². The smallest absolute Gasteiger partial charge is 0.410 e. The summed E-state index contributed by atoms with van der Waals surface area (Å²) in [5.74, 6) is -1.23. The lowest BCUT2D eigenvalue weighted by Crippen LogP contribution is -2.56. The standard InChI is InChI=1S/C19H21N3O5/c1-3-12-27-19(26)21-10-8-20(9-11-21)16(23)13(2)22-17(24)14-6-4-5-7-15(14)18(22)25/h3-7,13H,1,8-12H2,2H3. The lowest BCUT2D eigenvalue weighted by atomic mass is 10.1. The first-order valence-electron chi connectivity index (χ1n) is 8.74. The van der Waals surface area contributed by atoms with Gasteiger partial charge in [-0.15, -0.1) is 0 Å². The molecule has 1 aromatic carbocycles. The first-order valence-corrected chi connectivity index (χ1v) is 8.74. The van der Waals surface area contributed by atoms with Gasteiger partial charge in [0.1, 0.15) is 12.6 Å². The first kappa shape index (κ1) is 18.6. The van der Waals surface area contributed by atoms with E-state index >= 15 is 0 Å². The molecule has 1 atom stereocenters. The van der Waals surface area contributed by atoms with Crippen LogP contribution in [-0.4, -0.2) is 77.3 Å². The molecule has 0 N–H and O–H groups in total. The van der Waals surface area contributed by atoms with Gasteiger partial charge in [-0.05, 0) is 19.1 Å². The van der Waals surface area contributed by atoms with Crippen LogP contribution in [0.4, 0.5) is 4.79 Å². The van der Waals surface area contributed by atoms with Crippen molar-refractivity contribution in [1.29, 1.82) is 0 Å². The Balaban J connectivity index is 1.62. The number of carbonyl (C=O) groups excluding carboxylic acids is 4. The highest BCUT2D eigenvalue weighted by molar-refractivity contribution is 6.22. The van der Waals surface area contributed by atoms with E-state index in [2.05, 4.69) is 6.58 Å². The monoisotopic (exact) mass is 371 g/mol. The maximum absolute atomic E-state index is 12.8. The molecule has 0 spiro atoms. The van der Waals surface area contributed by atoms with Crippen LogP contribution in [-0.2, 0) is 9.53 Å². The lowest BCUT2D eigenvalue weighted by molar-refractivity contribution is -0.136. The number of hydrogen-bond donors (Lipinski definition) is 0. The zero-order valence-electron chi connectivity index (χ0n) is 15.1. The zero-order chi connectivity index (χ0) is 19.6. The Kier molecular flexibility index (Phi) is 5.25. The second kappa shape index (κ2) is 7.61. The van der Waals surface area contributed by atoms with Crippen LogP contribution in [0.5, 0.6) is 0 Å². The maximum atomic E-state index is 12.8. The number of fused-ring (bicyclic) bond motifs is 1. The van der Waals surface area contributed by atoms with Gasteiger partial charge in [-0.3, -0.25) is 19.3 Å². The molecule has 4 amide bonds. The van der Waals surface area contributed by atoms with Gasteiger partial charge in [0.25, 0.3) is 11.8 Å². The molecule has 2 aliphatic rings. The molecule has 1 unspecified atom stereocenters. The van der Waals surface area contributed by atoms with E-state index in [1.165, 1.54) is 11.0 Å². The Hall–Kier alpha value is -3.16. The highest BCUT2D eigenvalue weighted by Crippen LogP contribution is 2.25. The van der Waals surface area contributed by atoms with Crippen LogP contribution in [0.1, 0.15) is 27.6 Å². The molecule has 8 nitrogen and oxygen atoms in total. The third kappa shape index (κ3) is 3.42. The number of hydrogen-bond acceptors (Lipinski definition) is 5. The Morgan fingerprint density at radius 1 is 1.07 bits per heavy atom. The van der Waals surface area contributed by atoms with Gasteiger partial charge in [0.2, 0.25) is 5.91 Å². The Bertz CT molecular complexity index is 763. The molecule has 1 saturated heterocycles. The fraction of sp³-hybridized carbons (Fsp3) is 0.368. The maximum Gasteiger partial charge on any atom is 0.410 e. The molecule has 0 bridgehead atoms. The number of nitrogens with zero attached hydrogens (tertiary/aromatic N) is 3. The minimum absolute atomic E-state index is 0.134. The molecule has 0 saturated carbocycles. The van der Waals surface area contributed by atoms with Crippen molar-refractivity contribution in [3.05, 3.63) is 48.0 Å². The molecule has 27 heavy (non-hydrogen) atoms. The van der Waals surface area contributed by atoms with E-state index in [-0.39, 0.29) is 12.5 Å². The van der Waals surface area contributed by atoms with E-state index < -0.39 is 23.9 Å². The molecular weight excluding hydrogens is 350 g/mol. The number of carbonyl (C=O) groups is 4. The summed E-state index contributed by atoms with van der Waals surface area (Å²) in [6.07, 6.45) is 1.04. The predicted octanol–water partition coefficient (Wildman–Crippen LogP) is 1.14. The SMILES string of the molecule is C=CCOC(=O)N1CCN(C(=O)C(C)N2C(=O)c3ccccc3C2=O)CC1. The molecular formula is C19H21N3O5. The van der Waals surface area contributed by atoms with E-state index in [1.807, 2.05) is 0 Å². The van der Waals surface area contributed by atoms with Crippen LogP contribution in [0.15, 0.2) is 36.9 Å². The summed E-state index contributed by atoms with van der Waals surface area (Å²) in [5.41, 5.74) is 0.633. The molecule has 8 heteroatoms. The average molecular weight is 371 g/mol. The predicted molar refractivity (Wildman–Crippen MR) is 96.1 cm³/mol. The lowest BCUT2D eigenvalue weighted by Gasteiger charge is -2.36. The second-order valence-corrected chi connectivity index (χ2v) is 6.38. The van der Waals surface area contributed by atoms with Crippen LogP contribution in [0.2, 0.25) is 0 Å². The van der Waals surface area contributed by atoms with Crippen LogP contribution in [0, 0.1) is 0 Å². The first-order chi connectivity index (χ1) is 13.0. The summed E-state index contributed by atoms with van der Waals surface area (Å²) in [7, 11) is 0. The highest BCUT2D eigenvalue weighted by Gasteiger charge is 2.42. The summed E-state index contributed by atoms with van der Waals surface area (Å²) in [6, 6.07) is 5.63. The van der Waals surface area contributed by atoms with Crippen LogP contribution in [0.25, 0.3) is 0 Å². The summed E-state index contributed by atoms with van der Waals surface area (Å²) in [6.45, 7) is 6.46. The van der Waals surface area contributed by atoms with E-state index in [1.54, 1.807) is 36.1 Å². The molecule has 142 valence electrons. The average Bonchev–Trinajstić information content (AvgIpc) is 2.96. The molecule has 1 fully saturated rings. The Labute approximate surface area is 157 Å². The number of ether oxygens (including phenoxy) is 1. The summed E-state index contributed by atoms with van der Waals surface area (Å²) >= 11 is 0. The van der Waals surface area contributed by atoms with Gasteiger partial charge in [-0.25, -0.2) is 4.79 Å². The third-order valence-electron chi connectivity index (χ3n) is 4.74. The summed E-state index contributed by atoms with van der Waals surface area (Å²) in [5, 5.41) is 0. The number of benzene rings is 1. The minimum Gasteiger partial charge on any atom is -0.445 e. The van der Waals surface area contributed by atoms with Crippen molar-refractivity contribution >= 4 is 23.8 Å². The zero-order valence-corrected chi connectivity index (χ0v) is 15.1. The molecule has 0 aliphatic carbocycles. The van der Waals surface area contributed by atoms with Gasteiger partial charge in [0.05, 0.1) is 11.1 Å². The van der Waals surface area contributed by atoms with Gasteiger partial charge < -0.3 is 14.5 Å². The number of rotatable bonds is 4. The fourth-order valence-electron chi connectivity index (χ4n) is 3.27. The summed E-state index contributed by atoms with van der Waals surface area (Å²) < 4.78 is 4.99. The minimum atomic E-state index is -0.906. The number of piperazine rings is 1. The molecule has 0 radical (unpaired) electrons. The normalized spacial score (nSPS) is 17.6. The van der Waals surface area contributed by atoms with Crippen molar-refractivity contribution in [1.82, 2.24) is 14.7 Å². The molecule has 3 rings (SSSR count). The Morgan fingerprint density at radius 3 is 2.11 bits per heavy atom. The van der Waals surface area contributed by atoms with Gasteiger partial charge in [0, 0.05) is 26.2 Å². The molecule has 2 heterocycles. The molecule has 2 aliphatic heterocycles. The molecule has 1 aromatic rings. The van der Waals surface area contributed by atoms with E-state index in [0.717, 1.165) is 4.90 Å². The van der Waals surface area contributed by atoms with Crippen molar-refractivity contribution in [3.63, 3.8) is 0 Å². The molecule has 0 aromatic heterocycles. The van der Waals surface area contributed by atoms with Gasteiger partial charge in [-0.2, -0.15) is 0 Å². The van der Waals surface area contributed by atoms with Gasteiger partial charge >= 0.3 is 6.09 Å². The van der Waals surface area contributed by atoms with Gasteiger partial charge in [-0.1, -0.05) is 24.8 Å². The van der Waals surface area contributed by atoms with E-state index in [4.69, 9.17) is 4.74 Å². The fourth-order valence-corrected chi connectivity index (χ4v) is 3.27. The highest BCUT2D eigenvalue weighted by atomic mass is 16.6. The second-order valence-electron chi connectivity index (χ2n) is 6.38. The van der Waals surface area contributed by atoms with Crippen LogP contribution >= 0.6 is 0 Å². The largest absolute Gasteiger partial charge is 0.445 e. The van der Waals surface area contributed by atoms with E-state index in [9.17, 15) is 19.2 Å². The number of amides is 4. The third-order valence-corrected chi connectivity index (χ3v) is 4.74. The number of imide groups is 1. The van der Waals surface area contributed by atoms with E-state index in [0.29, 0.717) is 37.3 Å². The topological polar surface area (TPSA) is 87.2 Å². The Morgan fingerprint density at radius 2 is 1.59 bits per heavy atom.